The monoisotopic (exact) mass is 181 g/mol. The van der Waals surface area contributed by atoms with E-state index in [0.717, 1.165) is 19.5 Å². The highest BCUT2D eigenvalue weighted by atomic mass is 15.2. The Bertz CT molecular complexity index is 242. The largest absolute Gasteiger partial charge is 0.317 e. The lowest BCUT2D eigenvalue weighted by molar-refractivity contribution is 0.513. The third-order valence-corrected chi connectivity index (χ3v) is 2.07. The molecule has 0 amide bonds. The number of rotatable bonds is 5. The zero-order valence-electron chi connectivity index (χ0n) is 8.75. The Morgan fingerprint density at radius 1 is 1.62 bits per heavy atom. The number of nitrogens with zero attached hydrogens (tertiary/aromatic N) is 2. The first-order valence-corrected chi connectivity index (χ1v) is 4.91. The van der Waals surface area contributed by atoms with Crippen molar-refractivity contribution in [2.24, 2.45) is 13.0 Å². The Morgan fingerprint density at radius 2 is 2.38 bits per heavy atom. The van der Waals surface area contributed by atoms with Gasteiger partial charge in [-0.15, -0.1) is 0 Å². The highest BCUT2D eigenvalue weighted by Gasteiger charge is 2.04. The number of aryl methyl sites for hydroxylation is 1. The smallest absolute Gasteiger partial charge is 0.0627 e. The van der Waals surface area contributed by atoms with Gasteiger partial charge in [0, 0.05) is 13.2 Å². The predicted octanol–water partition coefficient (Wildman–Crippen LogP) is 1.21. The van der Waals surface area contributed by atoms with E-state index in [1.807, 2.05) is 17.9 Å². The van der Waals surface area contributed by atoms with Crippen LogP contribution >= 0.6 is 0 Å². The molecule has 3 nitrogen and oxygen atoms in total. The molecule has 1 unspecified atom stereocenters. The number of hydrogen-bond donors (Lipinski definition) is 1. The van der Waals surface area contributed by atoms with Crippen molar-refractivity contribution in [3.8, 4) is 0 Å². The molecule has 0 fully saturated rings. The van der Waals surface area contributed by atoms with E-state index in [2.05, 4.69) is 30.3 Å². The second-order valence-electron chi connectivity index (χ2n) is 3.60. The molecule has 0 aromatic carbocycles. The van der Waals surface area contributed by atoms with Crippen molar-refractivity contribution in [2.45, 2.75) is 20.3 Å². The highest BCUT2D eigenvalue weighted by molar-refractivity contribution is 4.99. The van der Waals surface area contributed by atoms with Crippen molar-refractivity contribution in [1.82, 2.24) is 15.1 Å². The van der Waals surface area contributed by atoms with E-state index in [-0.39, 0.29) is 0 Å². The van der Waals surface area contributed by atoms with Crippen LogP contribution in [-0.2, 0) is 13.5 Å². The topological polar surface area (TPSA) is 29.9 Å². The van der Waals surface area contributed by atoms with Crippen molar-refractivity contribution in [1.29, 1.82) is 0 Å². The van der Waals surface area contributed by atoms with Gasteiger partial charge in [0.15, 0.2) is 0 Å². The number of hydrogen-bond acceptors (Lipinski definition) is 2. The summed E-state index contributed by atoms with van der Waals surface area (Å²) < 4.78 is 1.86. The van der Waals surface area contributed by atoms with Gasteiger partial charge in [-0.1, -0.05) is 13.8 Å². The van der Waals surface area contributed by atoms with Gasteiger partial charge in [-0.25, -0.2) is 0 Å². The molecule has 0 bridgehead atoms. The Morgan fingerprint density at radius 3 is 2.92 bits per heavy atom. The van der Waals surface area contributed by atoms with Crippen LogP contribution in [0.2, 0.25) is 0 Å². The highest BCUT2D eigenvalue weighted by Crippen LogP contribution is 2.04. The SMILES string of the molecule is CCNCC(C)Cc1ccn(C)n1. The van der Waals surface area contributed by atoms with Crippen LogP contribution in [0.3, 0.4) is 0 Å². The molecule has 1 rings (SSSR count). The van der Waals surface area contributed by atoms with Gasteiger partial charge in [0.25, 0.3) is 0 Å². The molecule has 1 aromatic rings. The molecule has 1 heterocycles. The van der Waals surface area contributed by atoms with Gasteiger partial charge in [0.1, 0.15) is 0 Å². The summed E-state index contributed by atoms with van der Waals surface area (Å²) in [5.74, 6) is 0.662. The van der Waals surface area contributed by atoms with Crippen LogP contribution in [0.15, 0.2) is 12.3 Å². The lowest BCUT2D eigenvalue weighted by Crippen LogP contribution is -2.22. The number of nitrogens with one attached hydrogen (secondary N) is 1. The third kappa shape index (κ3) is 3.59. The molecule has 13 heavy (non-hydrogen) atoms. The van der Waals surface area contributed by atoms with Crippen molar-refractivity contribution in [3.05, 3.63) is 18.0 Å². The van der Waals surface area contributed by atoms with E-state index < -0.39 is 0 Å². The lowest BCUT2D eigenvalue weighted by atomic mass is 10.1. The number of aromatic nitrogens is 2. The molecular formula is C10H19N3. The summed E-state index contributed by atoms with van der Waals surface area (Å²) in [5, 5.41) is 7.69. The van der Waals surface area contributed by atoms with Crippen LogP contribution in [0.4, 0.5) is 0 Å². The quantitative estimate of drug-likeness (QED) is 0.740. The van der Waals surface area contributed by atoms with Gasteiger partial charge in [0.05, 0.1) is 5.69 Å². The zero-order valence-corrected chi connectivity index (χ0v) is 8.75. The van der Waals surface area contributed by atoms with Crippen molar-refractivity contribution in [2.75, 3.05) is 13.1 Å². The van der Waals surface area contributed by atoms with Crippen molar-refractivity contribution < 1.29 is 0 Å². The lowest BCUT2D eigenvalue weighted by Gasteiger charge is -2.09. The van der Waals surface area contributed by atoms with Gasteiger partial charge in [-0.2, -0.15) is 5.10 Å². The normalized spacial score (nSPS) is 13.2. The van der Waals surface area contributed by atoms with Crippen LogP contribution in [0.25, 0.3) is 0 Å². The molecule has 0 aliphatic carbocycles. The maximum Gasteiger partial charge on any atom is 0.0627 e. The van der Waals surface area contributed by atoms with Gasteiger partial charge in [0.2, 0.25) is 0 Å². The van der Waals surface area contributed by atoms with E-state index in [4.69, 9.17) is 0 Å². The standard InChI is InChI=1S/C10H19N3/c1-4-11-8-9(2)7-10-5-6-13(3)12-10/h5-6,9,11H,4,7-8H2,1-3H3. The summed E-state index contributed by atoms with van der Waals surface area (Å²) in [6.07, 6.45) is 3.06. The minimum absolute atomic E-state index is 0.662. The Kier molecular flexibility index (Phi) is 3.96. The summed E-state index contributed by atoms with van der Waals surface area (Å²) in [6.45, 7) is 6.50. The van der Waals surface area contributed by atoms with E-state index in [9.17, 15) is 0 Å². The Balaban J connectivity index is 2.31. The molecule has 1 atom stereocenters. The molecule has 0 radical (unpaired) electrons. The van der Waals surface area contributed by atoms with Crippen LogP contribution in [0.1, 0.15) is 19.5 Å². The molecular weight excluding hydrogens is 162 g/mol. The average molecular weight is 181 g/mol. The minimum atomic E-state index is 0.662. The third-order valence-electron chi connectivity index (χ3n) is 2.07. The van der Waals surface area contributed by atoms with Crippen LogP contribution in [0.5, 0.6) is 0 Å². The second kappa shape index (κ2) is 5.02. The van der Waals surface area contributed by atoms with E-state index >= 15 is 0 Å². The van der Waals surface area contributed by atoms with Crippen molar-refractivity contribution in [3.63, 3.8) is 0 Å². The van der Waals surface area contributed by atoms with Gasteiger partial charge >= 0.3 is 0 Å². The molecule has 1 N–H and O–H groups in total. The Labute approximate surface area is 80.1 Å². The summed E-state index contributed by atoms with van der Waals surface area (Å²) in [4.78, 5) is 0. The van der Waals surface area contributed by atoms with E-state index in [1.54, 1.807) is 0 Å². The molecule has 0 aliphatic heterocycles. The van der Waals surface area contributed by atoms with Gasteiger partial charge in [-0.05, 0) is 31.5 Å². The predicted molar refractivity (Wildman–Crippen MR) is 54.6 cm³/mol. The van der Waals surface area contributed by atoms with Gasteiger partial charge in [-0.3, -0.25) is 4.68 Å². The fourth-order valence-electron chi connectivity index (χ4n) is 1.39. The molecule has 1 aromatic heterocycles. The fourth-order valence-corrected chi connectivity index (χ4v) is 1.39. The second-order valence-corrected chi connectivity index (χ2v) is 3.60. The first-order valence-electron chi connectivity index (χ1n) is 4.91. The molecule has 0 spiro atoms. The molecule has 74 valence electrons. The van der Waals surface area contributed by atoms with Crippen LogP contribution < -0.4 is 5.32 Å². The fraction of sp³-hybridized carbons (Fsp3) is 0.700. The minimum Gasteiger partial charge on any atom is -0.317 e. The van der Waals surface area contributed by atoms with Gasteiger partial charge < -0.3 is 5.32 Å². The van der Waals surface area contributed by atoms with E-state index in [0.29, 0.717) is 5.92 Å². The maximum atomic E-state index is 4.35. The summed E-state index contributed by atoms with van der Waals surface area (Å²) in [7, 11) is 1.96. The molecule has 3 heteroatoms. The van der Waals surface area contributed by atoms with Crippen molar-refractivity contribution >= 4 is 0 Å². The van der Waals surface area contributed by atoms with Crippen LogP contribution in [0, 0.1) is 5.92 Å². The maximum absolute atomic E-state index is 4.35. The summed E-state index contributed by atoms with van der Waals surface area (Å²) in [5.41, 5.74) is 1.19. The van der Waals surface area contributed by atoms with Crippen LogP contribution in [-0.4, -0.2) is 22.9 Å². The average Bonchev–Trinajstić information content (AvgIpc) is 2.48. The van der Waals surface area contributed by atoms with E-state index in [1.165, 1.54) is 5.69 Å². The Hall–Kier alpha value is -0.830. The molecule has 0 saturated carbocycles. The first-order chi connectivity index (χ1) is 6.22. The molecule has 0 aliphatic rings. The summed E-state index contributed by atoms with van der Waals surface area (Å²) >= 11 is 0. The summed E-state index contributed by atoms with van der Waals surface area (Å²) in [6, 6.07) is 2.09. The zero-order chi connectivity index (χ0) is 9.68. The first kappa shape index (κ1) is 10.3. The molecule has 0 saturated heterocycles.